The van der Waals surface area contributed by atoms with Crippen LogP contribution in [0.5, 0.6) is 0 Å². The molecule has 1 amide bonds. The molecule has 3 aromatic carbocycles. The summed E-state index contributed by atoms with van der Waals surface area (Å²) in [5, 5.41) is 14.8. The Balaban J connectivity index is 1.83. The summed E-state index contributed by atoms with van der Waals surface area (Å²) in [6.45, 7) is -0.103. The zero-order valence-corrected chi connectivity index (χ0v) is 20.3. The van der Waals surface area contributed by atoms with E-state index in [1.54, 1.807) is 42.5 Å². The normalized spacial score (nSPS) is 13.1. The summed E-state index contributed by atoms with van der Waals surface area (Å²) in [5.41, 5.74) is 3.00. The minimum Gasteiger partial charge on any atom is -0.481 e. The van der Waals surface area contributed by atoms with Crippen LogP contribution in [0.1, 0.15) is 23.3 Å². The predicted molar refractivity (Wildman–Crippen MR) is 134 cm³/mol. The molecule has 3 aromatic rings. The summed E-state index contributed by atoms with van der Waals surface area (Å²) in [6, 6.07) is 21.9. The maximum atomic E-state index is 12.9. The van der Waals surface area contributed by atoms with Crippen LogP contribution in [0.3, 0.4) is 0 Å². The molecule has 3 rings (SSSR count). The van der Waals surface area contributed by atoms with Crippen LogP contribution in [0.2, 0.25) is 5.02 Å². The van der Waals surface area contributed by atoms with Gasteiger partial charge in [-0.1, -0.05) is 78.3 Å². The largest absolute Gasteiger partial charge is 0.481 e. The molecule has 8 nitrogen and oxygen atoms in total. The van der Waals surface area contributed by atoms with Crippen molar-refractivity contribution in [3.63, 3.8) is 0 Å². The minimum absolute atomic E-state index is 0.103. The molecule has 0 fully saturated rings. The van der Waals surface area contributed by atoms with Crippen LogP contribution < -0.4 is 10.6 Å². The van der Waals surface area contributed by atoms with Gasteiger partial charge in [-0.05, 0) is 40.8 Å². The molecule has 0 heterocycles. The number of hydrogen-bond donors (Lipinski definition) is 5. The molecule has 0 saturated carbocycles. The first-order valence-corrected chi connectivity index (χ1v) is 12.9. The van der Waals surface area contributed by atoms with Crippen molar-refractivity contribution in [3.8, 4) is 11.1 Å². The molecule has 5 N–H and O–H groups in total. The molecule has 2 unspecified atom stereocenters. The SMILES string of the molecule is O=C(O)CCNC(=O)C(Cc1ccc(-c2ccc(Cl)cc2)cc1)NC(c1ccccc1)P(=O)(O)O. The minimum atomic E-state index is -4.69. The van der Waals surface area contributed by atoms with Gasteiger partial charge < -0.3 is 20.2 Å². The van der Waals surface area contributed by atoms with Crippen LogP contribution >= 0.6 is 19.2 Å². The number of aliphatic carboxylic acids is 1. The Labute approximate surface area is 208 Å². The molecule has 184 valence electrons. The highest BCUT2D eigenvalue weighted by molar-refractivity contribution is 7.52. The molecule has 2 atom stereocenters. The first-order chi connectivity index (χ1) is 16.6. The van der Waals surface area contributed by atoms with E-state index in [4.69, 9.17) is 16.7 Å². The zero-order valence-electron chi connectivity index (χ0n) is 18.7. The van der Waals surface area contributed by atoms with Crippen LogP contribution in [0.25, 0.3) is 11.1 Å². The number of nitrogens with one attached hydrogen (secondary N) is 2. The van der Waals surface area contributed by atoms with Crippen molar-refractivity contribution in [2.24, 2.45) is 0 Å². The number of halogens is 1. The van der Waals surface area contributed by atoms with Gasteiger partial charge in [0.05, 0.1) is 12.5 Å². The van der Waals surface area contributed by atoms with E-state index in [1.807, 2.05) is 36.4 Å². The number of amides is 1. The van der Waals surface area contributed by atoms with E-state index < -0.39 is 31.3 Å². The molecular formula is C25H26ClN2O6P. The lowest BCUT2D eigenvalue weighted by molar-refractivity contribution is -0.137. The number of carboxylic acid groups (broad SMARTS) is 1. The van der Waals surface area contributed by atoms with Crippen LogP contribution in [0.15, 0.2) is 78.9 Å². The summed E-state index contributed by atoms with van der Waals surface area (Å²) in [5.74, 6) is -3.03. The van der Waals surface area contributed by atoms with Crippen molar-refractivity contribution in [2.75, 3.05) is 6.54 Å². The number of carbonyl (C=O) groups excluding carboxylic acids is 1. The van der Waals surface area contributed by atoms with Gasteiger partial charge in [0.1, 0.15) is 5.78 Å². The standard InChI is InChI=1S/C25H26ClN2O6P/c26-21-12-10-19(11-13-21)18-8-6-17(7-9-18)16-22(24(31)27-15-14-23(29)30)28-25(35(32,33)34)20-4-2-1-3-5-20/h1-13,22,25,28H,14-16H2,(H,27,31)(H,29,30)(H2,32,33,34). The molecule has 0 aliphatic rings. The van der Waals surface area contributed by atoms with Gasteiger partial charge in [-0.3, -0.25) is 19.5 Å². The van der Waals surface area contributed by atoms with Crippen molar-refractivity contribution in [2.45, 2.75) is 24.7 Å². The first-order valence-electron chi connectivity index (χ1n) is 10.8. The van der Waals surface area contributed by atoms with E-state index in [0.717, 1.165) is 16.7 Å². The number of benzene rings is 3. The molecular weight excluding hydrogens is 491 g/mol. The molecule has 0 aliphatic heterocycles. The summed E-state index contributed by atoms with van der Waals surface area (Å²) in [7, 11) is -4.69. The van der Waals surface area contributed by atoms with Crippen LogP contribution in [0, 0.1) is 0 Å². The fourth-order valence-electron chi connectivity index (χ4n) is 3.57. The maximum Gasteiger partial charge on any atom is 0.346 e. The topological polar surface area (TPSA) is 136 Å². The lowest BCUT2D eigenvalue weighted by atomic mass is 10.00. The third-order valence-corrected chi connectivity index (χ3v) is 6.71. The molecule has 35 heavy (non-hydrogen) atoms. The van der Waals surface area contributed by atoms with E-state index in [-0.39, 0.29) is 19.4 Å². The number of hydrogen-bond acceptors (Lipinski definition) is 4. The van der Waals surface area contributed by atoms with E-state index >= 15 is 0 Å². The van der Waals surface area contributed by atoms with Crippen LogP contribution in [0.4, 0.5) is 0 Å². The van der Waals surface area contributed by atoms with Crippen molar-refractivity contribution in [1.82, 2.24) is 10.6 Å². The van der Waals surface area contributed by atoms with Crippen molar-refractivity contribution in [3.05, 3.63) is 95.0 Å². The fourth-order valence-corrected chi connectivity index (χ4v) is 4.63. The number of carbonyl (C=O) groups is 2. The van der Waals surface area contributed by atoms with Crippen molar-refractivity contribution < 1.29 is 29.0 Å². The van der Waals surface area contributed by atoms with Gasteiger partial charge in [-0.25, -0.2) is 0 Å². The van der Waals surface area contributed by atoms with Gasteiger partial charge in [0.15, 0.2) is 0 Å². The summed E-state index contributed by atoms with van der Waals surface area (Å²) in [6.07, 6.45) is -0.141. The summed E-state index contributed by atoms with van der Waals surface area (Å²) >= 11 is 5.95. The maximum absolute atomic E-state index is 12.9. The van der Waals surface area contributed by atoms with Crippen molar-refractivity contribution in [1.29, 1.82) is 0 Å². The van der Waals surface area contributed by atoms with Gasteiger partial charge in [0.25, 0.3) is 0 Å². The molecule has 0 spiro atoms. The zero-order chi connectivity index (χ0) is 25.4. The smallest absolute Gasteiger partial charge is 0.346 e. The second-order valence-electron chi connectivity index (χ2n) is 7.96. The molecule has 0 saturated heterocycles. The van der Waals surface area contributed by atoms with Gasteiger partial charge in [-0.2, -0.15) is 0 Å². The Morgan fingerprint density at radius 1 is 0.886 bits per heavy atom. The third kappa shape index (κ3) is 8.02. The van der Waals surface area contributed by atoms with E-state index in [2.05, 4.69) is 10.6 Å². The Hall–Kier alpha value is -3.00. The Bertz CT molecular complexity index is 1180. The first kappa shape index (κ1) is 26.6. The summed E-state index contributed by atoms with van der Waals surface area (Å²) < 4.78 is 12.3. The van der Waals surface area contributed by atoms with Crippen molar-refractivity contribution >= 4 is 31.1 Å². The number of carboxylic acids is 1. The highest BCUT2D eigenvalue weighted by Gasteiger charge is 2.34. The molecule has 10 heteroatoms. The van der Waals surface area contributed by atoms with Gasteiger partial charge in [0.2, 0.25) is 5.91 Å². The lowest BCUT2D eigenvalue weighted by Gasteiger charge is -2.26. The van der Waals surface area contributed by atoms with Crippen LogP contribution in [-0.4, -0.2) is 39.4 Å². The predicted octanol–water partition coefficient (Wildman–Crippen LogP) is 3.98. The van der Waals surface area contributed by atoms with E-state index in [1.165, 1.54) is 0 Å². The quantitative estimate of drug-likeness (QED) is 0.243. The third-order valence-electron chi connectivity index (χ3n) is 5.34. The average Bonchev–Trinajstić information content (AvgIpc) is 2.82. The van der Waals surface area contributed by atoms with Gasteiger partial charge in [0, 0.05) is 11.6 Å². The van der Waals surface area contributed by atoms with Crippen LogP contribution in [-0.2, 0) is 20.6 Å². The molecule has 0 aliphatic carbocycles. The Morgan fingerprint density at radius 3 is 2.00 bits per heavy atom. The molecule has 0 bridgehead atoms. The van der Waals surface area contributed by atoms with E-state index in [9.17, 15) is 23.9 Å². The highest BCUT2D eigenvalue weighted by atomic mass is 35.5. The highest BCUT2D eigenvalue weighted by Crippen LogP contribution is 2.50. The van der Waals surface area contributed by atoms with Gasteiger partial charge >= 0.3 is 13.6 Å². The van der Waals surface area contributed by atoms with Gasteiger partial charge in [-0.15, -0.1) is 0 Å². The monoisotopic (exact) mass is 516 g/mol. The average molecular weight is 517 g/mol. The number of rotatable bonds is 11. The Kier molecular flexibility index (Phi) is 9.20. The lowest BCUT2D eigenvalue weighted by Crippen LogP contribution is -2.47. The fraction of sp³-hybridized carbons (Fsp3) is 0.200. The second kappa shape index (κ2) is 12.1. The molecule has 0 aromatic heterocycles. The summed E-state index contributed by atoms with van der Waals surface area (Å²) in [4.78, 5) is 43.7. The Morgan fingerprint density at radius 2 is 1.46 bits per heavy atom. The second-order valence-corrected chi connectivity index (χ2v) is 10.1. The molecule has 0 radical (unpaired) electrons. The van der Waals surface area contributed by atoms with E-state index in [0.29, 0.717) is 10.6 Å².